The van der Waals surface area contributed by atoms with Crippen molar-refractivity contribution in [1.82, 2.24) is 26.2 Å². The van der Waals surface area contributed by atoms with E-state index in [-0.39, 0.29) is 29.7 Å². The van der Waals surface area contributed by atoms with Crippen molar-refractivity contribution in [2.45, 2.75) is 173 Å². The number of carbonyl (C=O) groups excluding carboxylic acids is 5. The number of sulfone groups is 1. The predicted molar refractivity (Wildman–Crippen MR) is 204 cm³/mol. The fourth-order valence-electron chi connectivity index (χ4n) is 7.95. The Kier molecular flexibility index (Phi) is 13.8. The molecule has 0 radical (unpaired) electrons. The summed E-state index contributed by atoms with van der Waals surface area (Å²) in [6.07, 6.45) is 8.05. The number of hydrogen-bond donors (Lipinski definition) is 4. The molecule has 0 spiro atoms. The molecule has 4 rings (SSSR count). The predicted octanol–water partition coefficient (Wildman–Crippen LogP) is 4.17. The van der Waals surface area contributed by atoms with Crippen LogP contribution in [0.5, 0.6) is 0 Å². The second-order valence-electron chi connectivity index (χ2n) is 18.7. The highest BCUT2D eigenvalue weighted by atomic mass is 32.2. The number of hydrogen-bond acceptors (Lipinski definition) is 8. The quantitative estimate of drug-likeness (QED) is 0.190. The van der Waals surface area contributed by atoms with Gasteiger partial charge in [-0.15, -0.1) is 0 Å². The molecule has 2 aliphatic carbocycles. The number of nitrogens with zero attached hydrogens (tertiary/aromatic N) is 1. The van der Waals surface area contributed by atoms with E-state index in [2.05, 4.69) is 42.0 Å². The summed E-state index contributed by atoms with van der Waals surface area (Å²) in [5.41, 5.74) is -2.01. The minimum atomic E-state index is -3.63. The van der Waals surface area contributed by atoms with Crippen molar-refractivity contribution in [2.75, 3.05) is 25.5 Å². The summed E-state index contributed by atoms with van der Waals surface area (Å²) >= 11 is 0. The van der Waals surface area contributed by atoms with E-state index in [4.69, 9.17) is 4.74 Å². The molecule has 0 aromatic carbocycles. The van der Waals surface area contributed by atoms with Crippen molar-refractivity contribution in [3.05, 3.63) is 0 Å². The lowest BCUT2D eigenvalue weighted by atomic mass is 9.79. The molecule has 4 N–H and O–H groups in total. The van der Waals surface area contributed by atoms with Crippen LogP contribution < -0.4 is 21.3 Å². The number of ether oxygens (including phenoxy) is 1. The molecular formula is C39H67N5O8S. The Morgan fingerprint density at radius 3 is 2.08 bits per heavy atom. The van der Waals surface area contributed by atoms with Gasteiger partial charge in [0.2, 0.25) is 17.6 Å². The van der Waals surface area contributed by atoms with E-state index in [1.165, 1.54) is 4.90 Å². The van der Waals surface area contributed by atoms with Crippen molar-refractivity contribution in [3.8, 4) is 0 Å². The van der Waals surface area contributed by atoms with E-state index < -0.39 is 73.2 Å². The molecule has 2 saturated carbocycles. The Morgan fingerprint density at radius 1 is 0.906 bits per heavy atom. The van der Waals surface area contributed by atoms with Crippen LogP contribution in [0.2, 0.25) is 0 Å². The summed E-state index contributed by atoms with van der Waals surface area (Å²) in [7, 11) is -3.63. The van der Waals surface area contributed by atoms with E-state index >= 15 is 0 Å². The van der Waals surface area contributed by atoms with Gasteiger partial charge in [0.1, 0.15) is 12.1 Å². The molecule has 0 bridgehead atoms. The molecule has 302 valence electrons. The van der Waals surface area contributed by atoms with Gasteiger partial charge in [0.05, 0.1) is 22.1 Å². The van der Waals surface area contributed by atoms with E-state index in [1.54, 1.807) is 6.92 Å². The molecule has 2 heterocycles. The van der Waals surface area contributed by atoms with Gasteiger partial charge in [0, 0.05) is 25.8 Å². The monoisotopic (exact) mass is 765 g/mol. The van der Waals surface area contributed by atoms with Crippen LogP contribution in [0.25, 0.3) is 0 Å². The van der Waals surface area contributed by atoms with Gasteiger partial charge in [-0.2, -0.15) is 0 Å². The molecule has 2 saturated heterocycles. The Hall–Kier alpha value is -2.74. The number of urea groups is 1. The number of unbranched alkanes of at least 4 members (excludes halogenated alkanes) is 1. The molecule has 4 fully saturated rings. The van der Waals surface area contributed by atoms with Gasteiger partial charge in [-0.1, -0.05) is 80.6 Å². The third kappa shape index (κ3) is 10.9. The number of carbonyl (C=O) groups is 5. The van der Waals surface area contributed by atoms with Crippen molar-refractivity contribution in [3.63, 3.8) is 0 Å². The van der Waals surface area contributed by atoms with E-state index in [0.717, 1.165) is 38.5 Å². The van der Waals surface area contributed by atoms with Crippen LogP contribution in [0.1, 0.15) is 139 Å². The number of rotatable bonds is 14. The average molecular weight is 766 g/mol. The first-order valence-corrected chi connectivity index (χ1v) is 21.6. The molecule has 4 atom stereocenters. The Balaban J connectivity index is 1.55. The van der Waals surface area contributed by atoms with Crippen molar-refractivity contribution in [2.24, 2.45) is 16.7 Å². The van der Waals surface area contributed by atoms with Crippen LogP contribution in [-0.2, 0) is 33.8 Å². The minimum Gasteiger partial charge on any atom is -0.381 e. The van der Waals surface area contributed by atoms with Crippen LogP contribution in [0, 0.1) is 16.7 Å². The summed E-state index contributed by atoms with van der Waals surface area (Å²) in [6, 6.07) is -3.60. The first-order valence-electron chi connectivity index (χ1n) is 20.0. The van der Waals surface area contributed by atoms with E-state index in [1.807, 2.05) is 27.7 Å². The zero-order valence-corrected chi connectivity index (χ0v) is 34.3. The molecule has 53 heavy (non-hydrogen) atoms. The number of likely N-dealkylation sites (tertiary alicyclic amines) is 1. The standard InChI is InChI=1S/C39H67N5O8S/c1-9-10-14-28(30(45)33(47)40-27-15-16-27)41-32(46)29-23-26(36(2,3)4)24-44(29)34(48)31(37(5,6)7)42-35(49)43-39(17-12-11-13-18-39)25-53(50,51)38(8)19-21-52-22-20-38/h26-29,31H,9-25H2,1-8H3,(H,40,47)(H,41,46)(H2,42,43,49)/t26-,28+,29+,31-/m1/s1. The van der Waals surface area contributed by atoms with Crippen LogP contribution in [0.15, 0.2) is 0 Å². The second-order valence-corrected chi connectivity index (χ2v) is 21.2. The van der Waals surface area contributed by atoms with E-state index in [9.17, 15) is 32.4 Å². The Morgan fingerprint density at radius 2 is 1.53 bits per heavy atom. The summed E-state index contributed by atoms with van der Waals surface area (Å²) in [5.74, 6) is -2.55. The lowest BCUT2D eigenvalue weighted by Gasteiger charge is -2.42. The number of nitrogens with one attached hydrogen (secondary N) is 4. The molecule has 2 aliphatic heterocycles. The zero-order chi connectivity index (χ0) is 39.4. The lowest BCUT2D eigenvalue weighted by molar-refractivity contribution is -0.144. The summed E-state index contributed by atoms with van der Waals surface area (Å²) in [5, 5.41) is 11.6. The van der Waals surface area contributed by atoms with Crippen LogP contribution in [-0.4, -0.2) is 103 Å². The third-order valence-electron chi connectivity index (χ3n) is 12.1. The number of ketones is 1. The second kappa shape index (κ2) is 17.0. The van der Waals surface area contributed by atoms with Gasteiger partial charge in [-0.25, -0.2) is 13.2 Å². The van der Waals surface area contributed by atoms with E-state index in [0.29, 0.717) is 58.2 Å². The lowest BCUT2D eigenvalue weighted by Crippen LogP contribution is -2.64. The maximum absolute atomic E-state index is 14.7. The average Bonchev–Trinajstić information content (AvgIpc) is 3.76. The third-order valence-corrected chi connectivity index (χ3v) is 14.9. The molecule has 0 aromatic heterocycles. The number of Topliss-reactive ketones (excluding diaryl/α,β-unsaturated/α-hetero) is 1. The normalized spacial score (nSPS) is 24.4. The van der Waals surface area contributed by atoms with Crippen LogP contribution >= 0.6 is 0 Å². The van der Waals surface area contributed by atoms with Crippen molar-refractivity contribution < 1.29 is 37.1 Å². The van der Waals surface area contributed by atoms with Gasteiger partial charge in [0.25, 0.3) is 5.91 Å². The molecule has 13 nitrogen and oxygen atoms in total. The molecule has 4 aliphatic rings. The zero-order valence-electron chi connectivity index (χ0n) is 33.5. The highest BCUT2D eigenvalue weighted by molar-refractivity contribution is 7.92. The Labute approximate surface area is 317 Å². The molecule has 5 amide bonds. The van der Waals surface area contributed by atoms with Gasteiger partial charge < -0.3 is 30.9 Å². The van der Waals surface area contributed by atoms with Crippen molar-refractivity contribution in [1.29, 1.82) is 0 Å². The minimum absolute atomic E-state index is 0.00355. The van der Waals surface area contributed by atoms with Gasteiger partial charge in [-0.05, 0) is 75.0 Å². The maximum atomic E-state index is 14.7. The largest absolute Gasteiger partial charge is 0.381 e. The van der Waals surface area contributed by atoms with Gasteiger partial charge in [-0.3, -0.25) is 19.2 Å². The first-order chi connectivity index (χ1) is 24.6. The molecule has 0 unspecified atom stereocenters. The van der Waals surface area contributed by atoms with Gasteiger partial charge >= 0.3 is 6.03 Å². The fourth-order valence-corrected chi connectivity index (χ4v) is 10.2. The summed E-state index contributed by atoms with van der Waals surface area (Å²) in [6.45, 7) is 16.5. The smallest absolute Gasteiger partial charge is 0.315 e. The fraction of sp³-hybridized carbons (Fsp3) is 0.872. The highest BCUT2D eigenvalue weighted by Crippen LogP contribution is 2.39. The van der Waals surface area contributed by atoms with Gasteiger partial charge in [0.15, 0.2) is 9.84 Å². The molecular weight excluding hydrogens is 699 g/mol. The summed E-state index contributed by atoms with van der Waals surface area (Å²) < 4.78 is 32.4. The topological polar surface area (TPSA) is 180 Å². The SMILES string of the molecule is CCCC[C@H](NC(=O)[C@@H]1C[C@@H](C(C)(C)C)CN1C(=O)[C@@H](NC(=O)NC1(CS(=O)(=O)C2(C)CCOCC2)CCCCC1)C(C)(C)C)C(=O)C(=O)NC1CC1. The summed E-state index contributed by atoms with van der Waals surface area (Å²) in [4.78, 5) is 70.2. The highest BCUT2D eigenvalue weighted by Gasteiger charge is 2.50. The Bertz CT molecular complexity index is 1450. The van der Waals surface area contributed by atoms with Crippen LogP contribution in [0.4, 0.5) is 4.79 Å². The van der Waals surface area contributed by atoms with Crippen molar-refractivity contribution >= 4 is 39.4 Å². The molecule has 0 aromatic rings. The van der Waals surface area contributed by atoms with Crippen LogP contribution in [0.3, 0.4) is 0 Å². The first kappa shape index (κ1) is 43.0. The number of amides is 5. The molecule has 14 heteroatoms. The maximum Gasteiger partial charge on any atom is 0.315 e.